The monoisotopic (exact) mass is 434 g/mol. The highest BCUT2D eigenvalue weighted by molar-refractivity contribution is 7.16. The minimum Gasteiger partial charge on any atom is -0.497 e. The molecule has 7 heteroatoms. The Kier molecular flexibility index (Phi) is 6.45. The number of carbonyl (C=O) groups is 1. The second-order valence-electron chi connectivity index (χ2n) is 6.72. The van der Waals surface area contributed by atoms with E-state index in [9.17, 15) is 4.79 Å². The Morgan fingerprint density at radius 2 is 1.74 bits per heavy atom. The van der Waals surface area contributed by atoms with Crippen LogP contribution in [0.4, 0.5) is 0 Å². The van der Waals surface area contributed by atoms with E-state index in [0.717, 1.165) is 16.0 Å². The van der Waals surface area contributed by atoms with Crippen molar-refractivity contribution in [1.82, 2.24) is 4.57 Å². The van der Waals surface area contributed by atoms with Gasteiger partial charge < -0.3 is 18.8 Å². The topological polar surface area (TPSA) is 62.1 Å². The number of rotatable bonds is 7. The Morgan fingerprint density at radius 1 is 0.935 bits per heavy atom. The highest BCUT2D eigenvalue weighted by Crippen LogP contribution is 2.24. The van der Waals surface area contributed by atoms with Crippen molar-refractivity contribution < 1.29 is 19.0 Å². The zero-order chi connectivity index (χ0) is 21.6. The van der Waals surface area contributed by atoms with Gasteiger partial charge in [-0.1, -0.05) is 35.6 Å². The van der Waals surface area contributed by atoms with Gasteiger partial charge in [0.1, 0.15) is 17.2 Å². The summed E-state index contributed by atoms with van der Waals surface area (Å²) in [7, 11) is 3.28. The van der Waals surface area contributed by atoms with Crippen molar-refractivity contribution in [3.05, 3.63) is 83.2 Å². The molecular weight excluding hydrogens is 412 g/mol. The van der Waals surface area contributed by atoms with Gasteiger partial charge in [-0.2, -0.15) is 4.99 Å². The molecule has 0 bridgehead atoms. The summed E-state index contributed by atoms with van der Waals surface area (Å²) in [5, 5.41) is 0. The third-order valence-corrected chi connectivity index (χ3v) is 5.71. The van der Waals surface area contributed by atoms with Crippen LogP contribution < -0.4 is 14.3 Å². The first kappa shape index (κ1) is 20.8. The molecule has 1 aromatic heterocycles. The van der Waals surface area contributed by atoms with Crippen molar-refractivity contribution in [2.45, 2.75) is 6.54 Å². The second-order valence-corrected chi connectivity index (χ2v) is 7.73. The van der Waals surface area contributed by atoms with Crippen LogP contribution in [0.3, 0.4) is 0 Å². The van der Waals surface area contributed by atoms with E-state index in [2.05, 4.69) is 4.99 Å². The number of hydrogen-bond acceptors (Lipinski definition) is 5. The van der Waals surface area contributed by atoms with Crippen LogP contribution in [0.15, 0.2) is 77.8 Å². The Bertz CT molecular complexity index is 1260. The number of nitrogens with zero attached hydrogens (tertiary/aromatic N) is 2. The summed E-state index contributed by atoms with van der Waals surface area (Å²) >= 11 is 1.44. The molecule has 4 aromatic rings. The largest absolute Gasteiger partial charge is 0.497 e. The zero-order valence-electron chi connectivity index (χ0n) is 17.3. The number of methoxy groups -OCH3 is 2. The van der Waals surface area contributed by atoms with E-state index in [4.69, 9.17) is 14.2 Å². The molecule has 0 spiro atoms. The lowest BCUT2D eigenvalue weighted by atomic mass is 10.2. The molecule has 0 unspecified atom stereocenters. The Hall–Kier alpha value is -3.42. The maximum atomic E-state index is 13.0. The number of fused-ring (bicyclic) bond motifs is 1. The van der Waals surface area contributed by atoms with Gasteiger partial charge in [0.2, 0.25) is 0 Å². The molecule has 0 atom stereocenters. The smallest absolute Gasteiger partial charge is 0.279 e. The fourth-order valence-electron chi connectivity index (χ4n) is 3.13. The molecule has 31 heavy (non-hydrogen) atoms. The maximum Gasteiger partial charge on any atom is 0.279 e. The van der Waals surface area contributed by atoms with E-state index in [1.165, 1.54) is 11.3 Å². The highest BCUT2D eigenvalue weighted by Gasteiger charge is 2.11. The molecular formula is C24H22N2O4S. The predicted molar refractivity (Wildman–Crippen MR) is 121 cm³/mol. The molecule has 0 aliphatic carbocycles. The van der Waals surface area contributed by atoms with Crippen LogP contribution in [0.5, 0.6) is 17.2 Å². The van der Waals surface area contributed by atoms with Gasteiger partial charge in [-0.25, -0.2) is 0 Å². The number of aromatic nitrogens is 1. The maximum absolute atomic E-state index is 13.0. The summed E-state index contributed by atoms with van der Waals surface area (Å²) < 4.78 is 19.4. The van der Waals surface area contributed by atoms with Crippen LogP contribution in [0.1, 0.15) is 10.4 Å². The van der Waals surface area contributed by atoms with Crippen LogP contribution in [-0.2, 0) is 11.3 Å². The Morgan fingerprint density at radius 3 is 2.52 bits per heavy atom. The second kappa shape index (κ2) is 9.59. The van der Waals surface area contributed by atoms with Crippen molar-refractivity contribution in [3.8, 4) is 17.2 Å². The van der Waals surface area contributed by atoms with Gasteiger partial charge >= 0.3 is 0 Å². The first-order valence-electron chi connectivity index (χ1n) is 9.76. The molecule has 1 amide bonds. The number of ether oxygens (including phenoxy) is 3. The van der Waals surface area contributed by atoms with Crippen LogP contribution in [-0.4, -0.2) is 31.3 Å². The van der Waals surface area contributed by atoms with E-state index in [-0.39, 0.29) is 5.91 Å². The third kappa shape index (κ3) is 4.84. The number of benzene rings is 3. The molecule has 6 nitrogen and oxygen atoms in total. The van der Waals surface area contributed by atoms with Gasteiger partial charge in [0.25, 0.3) is 5.91 Å². The number of carbonyl (C=O) groups excluding carboxylic acids is 1. The minimum atomic E-state index is -0.330. The van der Waals surface area contributed by atoms with E-state index in [0.29, 0.717) is 35.0 Å². The number of amides is 1. The summed E-state index contributed by atoms with van der Waals surface area (Å²) in [5.74, 6) is 1.72. The quantitative estimate of drug-likeness (QED) is 0.415. The number of thiazole rings is 1. The van der Waals surface area contributed by atoms with Crippen molar-refractivity contribution >= 4 is 27.5 Å². The van der Waals surface area contributed by atoms with Crippen molar-refractivity contribution in [1.29, 1.82) is 0 Å². The zero-order valence-corrected chi connectivity index (χ0v) is 18.1. The summed E-state index contributed by atoms with van der Waals surface area (Å²) in [6, 6.07) is 22.3. The fourth-order valence-corrected chi connectivity index (χ4v) is 4.22. The van der Waals surface area contributed by atoms with E-state index >= 15 is 0 Å². The van der Waals surface area contributed by atoms with E-state index in [1.54, 1.807) is 32.4 Å². The molecule has 0 saturated carbocycles. The molecule has 3 aromatic carbocycles. The van der Waals surface area contributed by atoms with Crippen LogP contribution in [0, 0.1) is 0 Å². The fraction of sp³-hybridized carbons (Fsp3) is 0.167. The van der Waals surface area contributed by atoms with Gasteiger partial charge in [-0.15, -0.1) is 0 Å². The Labute approximate surface area is 184 Å². The lowest BCUT2D eigenvalue weighted by Gasteiger charge is -2.06. The van der Waals surface area contributed by atoms with E-state index in [1.807, 2.05) is 59.2 Å². The third-order valence-electron chi connectivity index (χ3n) is 4.67. The summed E-state index contributed by atoms with van der Waals surface area (Å²) in [6.07, 6.45) is 0. The first-order valence-corrected chi connectivity index (χ1v) is 10.6. The van der Waals surface area contributed by atoms with Gasteiger partial charge in [0.05, 0.1) is 23.9 Å². The number of para-hydroxylation sites is 1. The average molecular weight is 435 g/mol. The normalized spacial score (nSPS) is 11.6. The molecule has 0 saturated heterocycles. The van der Waals surface area contributed by atoms with Gasteiger partial charge in [-0.05, 0) is 48.5 Å². The highest BCUT2D eigenvalue weighted by atomic mass is 32.1. The molecule has 0 aliphatic heterocycles. The van der Waals surface area contributed by atoms with Gasteiger partial charge in [-0.3, -0.25) is 4.79 Å². The standard InChI is InChI=1S/C24H22N2O4S/c1-28-14-13-26-21-12-11-19(29-2)16-22(21)31-24(26)25-23(27)17-7-6-10-20(15-17)30-18-8-4-3-5-9-18/h3-12,15-16H,13-14H2,1-2H3. The Balaban J connectivity index is 1.69. The van der Waals surface area contributed by atoms with Crippen LogP contribution >= 0.6 is 11.3 Å². The molecule has 0 fully saturated rings. The molecule has 0 N–H and O–H groups in total. The molecule has 0 aliphatic rings. The van der Waals surface area contributed by atoms with Crippen LogP contribution in [0.25, 0.3) is 10.2 Å². The van der Waals surface area contributed by atoms with Crippen molar-refractivity contribution in [2.75, 3.05) is 20.8 Å². The SMILES string of the molecule is COCCn1c(=NC(=O)c2cccc(Oc3ccccc3)c2)sc2cc(OC)ccc21. The summed E-state index contributed by atoms with van der Waals surface area (Å²) in [5.41, 5.74) is 1.44. The average Bonchev–Trinajstić information content (AvgIpc) is 3.14. The van der Waals surface area contributed by atoms with E-state index < -0.39 is 0 Å². The van der Waals surface area contributed by atoms with Crippen molar-refractivity contribution in [2.24, 2.45) is 4.99 Å². The van der Waals surface area contributed by atoms with Crippen LogP contribution in [0.2, 0.25) is 0 Å². The summed E-state index contributed by atoms with van der Waals surface area (Å²) in [4.78, 5) is 18.0. The molecule has 1 heterocycles. The minimum absolute atomic E-state index is 0.330. The van der Waals surface area contributed by atoms with Gasteiger partial charge in [0, 0.05) is 19.2 Å². The summed E-state index contributed by atoms with van der Waals surface area (Å²) in [6.45, 7) is 1.10. The number of hydrogen-bond donors (Lipinski definition) is 0. The predicted octanol–water partition coefficient (Wildman–Crippen LogP) is 4.89. The molecule has 4 rings (SSSR count). The lowest BCUT2D eigenvalue weighted by Crippen LogP contribution is -2.19. The van der Waals surface area contributed by atoms with Gasteiger partial charge in [0.15, 0.2) is 4.80 Å². The molecule has 158 valence electrons. The lowest BCUT2D eigenvalue weighted by molar-refractivity contribution is 0.0997. The molecule has 0 radical (unpaired) electrons. The first-order chi connectivity index (χ1) is 15.2. The van der Waals surface area contributed by atoms with Crippen molar-refractivity contribution in [3.63, 3.8) is 0 Å².